The molecule has 0 saturated carbocycles. The summed E-state index contributed by atoms with van der Waals surface area (Å²) in [4.78, 5) is 0. The fourth-order valence-electron chi connectivity index (χ4n) is 4.96. The van der Waals surface area contributed by atoms with Crippen LogP contribution >= 0.6 is 11.3 Å². The summed E-state index contributed by atoms with van der Waals surface area (Å²) >= 11 is 1.94. The van der Waals surface area contributed by atoms with Crippen molar-refractivity contribution < 1.29 is 0 Å². The van der Waals surface area contributed by atoms with E-state index in [1.165, 1.54) is 64.0 Å². The molecule has 7 rings (SSSR count). The molecule has 1 aliphatic rings. The normalized spacial score (nSPS) is 12.9. The van der Waals surface area contributed by atoms with Crippen molar-refractivity contribution in [3.63, 3.8) is 0 Å². The average molecular weight is 372 g/mol. The van der Waals surface area contributed by atoms with Crippen molar-refractivity contribution in [3.8, 4) is 11.1 Å². The molecule has 0 unspecified atom stereocenters. The van der Waals surface area contributed by atoms with E-state index in [0.717, 1.165) is 6.42 Å². The second kappa shape index (κ2) is 5.21. The Kier molecular flexibility index (Phi) is 2.76. The van der Waals surface area contributed by atoms with Gasteiger partial charge in [-0.15, -0.1) is 11.3 Å². The first kappa shape index (κ1) is 14.8. The van der Waals surface area contributed by atoms with E-state index < -0.39 is 0 Å². The van der Waals surface area contributed by atoms with Gasteiger partial charge in [0.15, 0.2) is 0 Å². The highest BCUT2D eigenvalue weighted by molar-refractivity contribution is 7.26. The van der Waals surface area contributed by atoms with Gasteiger partial charge in [0.2, 0.25) is 0 Å². The summed E-state index contributed by atoms with van der Waals surface area (Å²) in [6, 6.07) is 31.6. The molecule has 0 spiro atoms. The van der Waals surface area contributed by atoms with Crippen LogP contribution in [0.4, 0.5) is 0 Å². The zero-order valence-electron chi connectivity index (χ0n) is 15.2. The summed E-state index contributed by atoms with van der Waals surface area (Å²) < 4.78 is 2.82. The second-order valence-electron chi connectivity index (χ2n) is 7.77. The Morgan fingerprint density at radius 1 is 0.571 bits per heavy atom. The smallest absolute Gasteiger partial charge is 0.0433 e. The van der Waals surface area contributed by atoms with Gasteiger partial charge in [0.1, 0.15) is 0 Å². The molecule has 1 heterocycles. The molecule has 6 aromatic rings. The first-order valence-electron chi connectivity index (χ1n) is 9.75. The largest absolute Gasteiger partial charge is 0.135 e. The molecular weight excluding hydrogens is 356 g/mol. The van der Waals surface area contributed by atoms with Crippen LogP contribution in [0.1, 0.15) is 11.1 Å². The lowest BCUT2D eigenvalue weighted by Crippen LogP contribution is -1.82. The third-order valence-corrected chi connectivity index (χ3v) is 7.45. The Morgan fingerprint density at radius 2 is 1.32 bits per heavy atom. The maximum absolute atomic E-state index is 2.45. The van der Waals surface area contributed by atoms with Gasteiger partial charge < -0.3 is 0 Å². The molecule has 0 fully saturated rings. The molecule has 130 valence electrons. The summed E-state index contributed by atoms with van der Waals surface area (Å²) in [5.74, 6) is 0. The van der Waals surface area contributed by atoms with Crippen molar-refractivity contribution in [2.45, 2.75) is 6.42 Å². The average Bonchev–Trinajstić information content (AvgIpc) is 3.29. The number of thiophene rings is 1. The molecule has 0 nitrogen and oxygen atoms in total. The van der Waals surface area contributed by atoms with Gasteiger partial charge in [-0.1, -0.05) is 72.8 Å². The molecule has 0 atom stereocenters. The van der Waals surface area contributed by atoms with E-state index in [9.17, 15) is 0 Å². The molecule has 0 bridgehead atoms. The maximum atomic E-state index is 2.45. The van der Waals surface area contributed by atoms with Crippen molar-refractivity contribution >= 4 is 53.1 Å². The topological polar surface area (TPSA) is 0 Å². The minimum Gasteiger partial charge on any atom is -0.135 e. The Labute approximate surface area is 166 Å². The molecule has 0 saturated heterocycles. The van der Waals surface area contributed by atoms with E-state index in [-0.39, 0.29) is 0 Å². The lowest BCUT2D eigenvalue weighted by Gasteiger charge is -2.07. The van der Waals surface area contributed by atoms with E-state index in [1.54, 1.807) is 0 Å². The monoisotopic (exact) mass is 372 g/mol. The fourth-order valence-corrected chi connectivity index (χ4v) is 6.24. The SMILES string of the molecule is c1ccc2c3c(ccc2c1)Cc1cc2sc4c5ccccc5ccc4c2cc1-3. The van der Waals surface area contributed by atoms with Crippen molar-refractivity contribution in [3.05, 3.63) is 96.1 Å². The Balaban J connectivity index is 1.61. The highest BCUT2D eigenvalue weighted by Gasteiger charge is 2.22. The van der Waals surface area contributed by atoms with E-state index in [4.69, 9.17) is 0 Å². The number of hydrogen-bond acceptors (Lipinski definition) is 1. The fraction of sp³-hybridized carbons (Fsp3) is 0.0370. The summed E-state index contributed by atoms with van der Waals surface area (Å²) in [5, 5.41) is 8.18. The van der Waals surface area contributed by atoms with Crippen molar-refractivity contribution in [1.29, 1.82) is 0 Å². The first-order valence-corrected chi connectivity index (χ1v) is 10.6. The third-order valence-electron chi connectivity index (χ3n) is 6.25. The molecule has 28 heavy (non-hydrogen) atoms. The number of benzene rings is 5. The van der Waals surface area contributed by atoms with Gasteiger partial charge >= 0.3 is 0 Å². The highest BCUT2D eigenvalue weighted by Crippen LogP contribution is 2.46. The molecule has 1 heteroatoms. The third kappa shape index (κ3) is 1.85. The van der Waals surface area contributed by atoms with Gasteiger partial charge in [0.05, 0.1) is 0 Å². The number of hydrogen-bond donors (Lipinski definition) is 0. The number of rotatable bonds is 0. The van der Waals surface area contributed by atoms with Crippen LogP contribution in [0.15, 0.2) is 84.9 Å². The Morgan fingerprint density at radius 3 is 2.21 bits per heavy atom. The van der Waals surface area contributed by atoms with Gasteiger partial charge in [0.25, 0.3) is 0 Å². The molecule has 1 aliphatic carbocycles. The van der Waals surface area contributed by atoms with Crippen LogP contribution in [0, 0.1) is 0 Å². The van der Waals surface area contributed by atoms with Gasteiger partial charge in [-0.2, -0.15) is 0 Å². The van der Waals surface area contributed by atoms with Crippen LogP contribution in [0.3, 0.4) is 0 Å². The molecule has 0 aliphatic heterocycles. The van der Waals surface area contributed by atoms with Crippen LogP contribution < -0.4 is 0 Å². The molecule has 0 N–H and O–H groups in total. The van der Waals surface area contributed by atoms with Crippen LogP contribution in [0.5, 0.6) is 0 Å². The minimum atomic E-state index is 1.04. The molecule has 0 amide bonds. The Hall–Kier alpha value is -3.16. The molecular formula is C27H16S. The molecule has 0 radical (unpaired) electrons. The van der Waals surface area contributed by atoms with Crippen LogP contribution in [-0.4, -0.2) is 0 Å². The Bertz CT molecular complexity index is 1580. The maximum Gasteiger partial charge on any atom is 0.0433 e. The van der Waals surface area contributed by atoms with Gasteiger partial charge in [-0.3, -0.25) is 0 Å². The van der Waals surface area contributed by atoms with Gasteiger partial charge in [-0.25, -0.2) is 0 Å². The lowest BCUT2D eigenvalue weighted by atomic mass is 9.97. The van der Waals surface area contributed by atoms with Crippen LogP contribution in [0.2, 0.25) is 0 Å². The quantitative estimate of drug-likeness (QED) is 0.253. The van der Waals surface area contributed by atoms with Crippen molar-refractivity contribution in [2.24, 2.45) is 0 Å². The zero-order valence-corrected chi connectivity index (χ0v) is 16.0. The molecule has 1 aromatic heterocycles. The predicted octanol–water partition coefficient (Wildman–Crippen LogP) is 7.93. The van der Waals surface area contributed by atoms with Crippen LogP contribution in [-0.2, 0) is 6.42 Å². The highest BCUT2D eigenvalue weighted by atomic mass is 32.1. The standard InChI is InChI=1S/C27H16S/c1-3-7-20-16(5-1)9-10-18-13-19-14-25-24(15-23(19)26(18)20)22-12-11-17-6-2-4-8-21(17)27(22)28-25/h1-12,14-15H,13H2. The summed E-state index contributed by atoms with van der Waals surface area (Å²) in [6.45, 7) is 0. The summed E-state index contributed by atoms with van der Waals surface area (Å²) in [5.41, 5.74) is 5.79. The van der Waals surface area contributed by atoms with Gasteiger partial charge in [0, 0.05) is 20.2 Å². The summed E-state index contributed by atoms with van der Waals surface area (Å²) in [7, 11) is 0. The van der Waals surface area contributed by atoms with E-state index >= 15 is 0 Å². The number of fused-ring (bicyclic) bond motifs is 10. The van der Waals surface area contributed by atoms with E-state index in [1.807, 2.05) is 11.3 Å². The summed E-state index contributed by atoms with van der Waals surface area (Å²) in [6.07, 6.45) is 1.04. The lowest BCUT2D eigenvalue weighted by molar-refractivity contribution is 1.27. The van der Waals surface area contributed by atoms with Gasteiger partial charge in [-0.05, 0) is 62.4 Å². The van der Waals surface area contributed by atoms with E-state index in [2.05, 4.69) is 84.9 Å². The zero-order chi connectivity index (χ0) is 18.2. The molecule has 5 aromatic carbocycles. The van der Waals surface area contributed by atoms with E-state index in [0.29, 0.717) is 0 Å². The van der Waals surface area contributed by atoms with Crippen molar-refractivity contribution in [1.82, 2.24) is 0 Å². The predicted molar refractivity (Wildman–Crippen MR) is 123 cm³/mol. The first-order chi connectivity index (χ1) is 13.9. The van der Waals surface area contributed by atoms with Crippen LogP contribution in [0.25, 0.3) is 52.8 Å². The van der Waals surface area contributed by atoms with Crippen molar-refractivity contribution in [2.75, 3.05) is 0 Å². The second-order valence-corrected chi connectivity index (χ2v) is 8.82. The minimum absolute atomic E-state index is 1.04.